The zero-order valence-corrected chi connectivity index (χ0v) is 23.5. The second-order valence-corrected chi connectivity index (χ2v) is 10.9. The molecule has 1 N–H and O–H groups in total. The van der Waals surface area contributed by atoms with Gasteiger partial charge in [0.05, 0.1) is 19.9 Å². The highest BCUT2D eigenvalue weighted by molar-refractivity contribution is 7.47. The van der Waals surface area contributed by atoms with Crippen molar-refractivity contribution in [1.29, 1.82) is 0 Å². The fourth-order valence-corrected chi connectivity index (χ4v) is 4.58. The van der Waals surface area contributed by atoms with Crippen LogP contribution in [0, 0.1) is 11.8 Å². The number of rotatable bonds is 19. The molecule has 1 heterocycles. The third-order valence-electron chi connectivity index (χ3n) is 6.27. The van der Waals surface area contributed by atoms with Gasteiger partial charge in [0.25, 0.3) is 0 Å². The SMILES string of the molecule is CCCCC(CC)COP(=O)(O)OCC(CC)CCCC.CCCCCCN1C=CN(C)C1. The molecule has 33 heavy (non-hydrogen) atoms. The van der Waals surface area contributed by atoms with Crippen LogP contribution in [0.1, 0.15) is 112 Å². The summed E-state index contributed by atoms with van der Waals surface area (Å²) in [6.45, 7) is 13.7. The molecule has 0 bridgehead atoms. The summed E-state index contributed by atoms with van der Waals surface area (Å²) in [7, 11) is -1.78. The van der Waals surface area contributed by atoms with Crippen molar-refractivity contribution in [1.82, 2.24) is 9.80 Å². The van der Waals surface area contributed by atoms with E-state index in [4.69, 9.17) is 9.05 Å². The fraction of sp³-hybridized carbons (Fsp3) is 0.923. The van der Waals surface area contributed by atoms with Gasteiger partial charge in [0.15, 0.2) is 0 Å². The first-order valence-corrected chi connectivity index (χ1v) is 15.1. The van der Waals surface area contributed by atoms with Gasteiger partial charge in [0.2, 0.25) is 0 Å². The Labute approximate surface area is 205 Å². The molecule has 0 saturated carbocycles. The van der Waals surface area contributed by atoms with Crippen molar-refractivity contribution in [2.45, 2.75) is 112 Å². The van der Waals surface area contributed by atoms with Crippen LogP contribution in [-0.2, 0) is 13.6 Å². The molecular formula is C26H55N2O4P. The van der Waals surface area contributed by atoms with E-state index in [9.17, 15) is 9.46 Å². The molecule has 2 unspecified atom stereocenters. The molecule has 0 spiro atoms. The number of hydrogen-bond acceptors (Lipinski definition) is 5. The van der Waals surface area contributed by atoms with E-state index in [1.807, 2.05) is 0 Å². The van der Waals surface area contributed by atoms with Crippen LogP contribution in [0.5, 0.6) is 0 Å². The minimum Gasteiger partial charge on any atom is -0.362 e. The molecule has 198 valence electrons. The van der Waals surface area contributed by atoms with Crippen LogP contribution < -0.4 is 0 Å². The molecule has 0 radical (unpaired) electrons. The van der Waals surface area contributed by atoms with Crippen molar-refractivity contribution in [2.75, 3.05) is 33.5 Å². The second kappa shape index (κ2) is 20.8. The lowest BCUT2D eigenvalue weighted by Crippen LogP contribution is -2.23. The Morgan fingerprint density at radius 3 is 1.73 bits per heavy atom. The molecule has 1 aliphatic rings. The number of hydrogen-bond donors (Lipinski definition) is 1. The minimum absolute atomic E-state index is 0.316. The highest BCUT2D eigenvalue weighted by atomic mass is 31.2. The van der Waals surface area contributed by atoms with Crippen molar-refractivity contribution in [2.24, 2.45) is 11.8 Å². The number of nitrogens with zero attached hydrogens (tertiary/aromatic N) is 2. The molecule has 0 saturated heterocycles. The van der Waals surface area contributed by atoms with Gasteiger partial charge in [-0.05, 0) is 31.1 Å². The molecule has 6 nitrogen and oxygen atoms in total. The van der Waals surface area contributed by atoms with E-state index in [1.165, 1.54) is 32.2 Å². The van der Waals surface area contributed by atoms with E-state index in [-0.39, 0.29) is 0 Å². The van der Waals surface area contributed by atoms with Crippen molar-refractivity contribution in [3.63, 3.8) is 0 Å². The van der Waals surface area contributed by atoms with Gasteiger partial charge in [0.1, 0.15) is 0 Å². The maximum absolute atomic E-state index is 11.9. The third kappa shape index (κ3) is 18.5. The molecule has 7 heteroatoms. The predicted molar refractivity (Wildman–Crippen MR) is 141 cm³/mol. The van der Waals surface area contributed by atoms with Gasteiger partial charge < -0.3 is 14.7 Å². The van der Waals surface area contributed by atoms with E-state index >= 15 is 0 Å². The zero-order valence-electron chi connectivity index (χ0n) is 22.6. The van der Waals surface area contributed by atoms with Crippen LogP contribution in [0.4, 0.5) is 0 Å². The highest BCUT2D eigenvalue weighted by Gasteiger charge is 2.24. The Morgan fingerprint density at radius 1 is 0.818 bits per heavy atom. The van der Waals surface area contributed by atoms with Crippen LogP contribution in [0.15, 0.2) is 12.4 Å². The number of phosphoric ester groups is 1. The monoisotopic (exact) mass is 490 g/mol. The van der Waals surface area contributed by atoms with Crippen LogP contribution in [0.2, 0.25) is 0 Å². The second-order valence-electron chi connectivity index (χ2n) is 9.46. The highest BCUT2D eigenvalue weighted by Crippen LogP contribution is 2.44. The average Bonchev–Trinajstić information content (AvgIpc) is 3.22. The van der Waals surface area contributed by atoms with Gasteiger partial charge in [-0.3, -0.25) is 9.05 Å². The normalized spacial score (nSPS) is 16.9. The molecule has 0 aliphatic carbocycles. The third-order valence-corrected chi connectivity index (χ3v) is 7.22. The zero-order chi connectivity index (χ0) is 25.0. The summed E-state index contributed by atoms with van der Waals surface area (Å²) in [4.78, 5) is 14.3. The van der Waals surface area contributed by atoms with E-state index in [1.54, 1.807) is 0 Å². The average molecular weight is 491 g/mol. The van der Waals surface area contributed by atoms with Crippen molar-refractivity contribution >= 4 is 7.82 Å². The molecule has 0 aromatic rings. The lowest BCUT2D eigenvalue weighted by molar-refractivity contribution is 0.110. The minimum atomic E-state index is -3.89. The van der Waals surface area contributed by atoms with Gasteiger partial charge in [-0.1, -0.05) is 92.4 Å². The molecule has 1 aliphatic heterocycles. The van der Waals surface area contributed by atoms with Gasteiger partial charge in [-0.2, -0.15) is 0 Å². The van der Waals surface area contributed by atoms with E-state index in [0.29, 0.717) is 25.0 Å². The Balaban J connectivity index is 0.000000716. The van der Waals surface area contributed by atoms with Gasteiger partial charge in [-0.15, -0.1) is 0 Å². The molecule has 2 atom stereocenters. The summed E-state index contributed by atoms with van der Waals surface area (Å²) in [5, 5.41) is 0. The first-order chi connectivity index (χ1) is 15.8. The molecular weight excluding hydrogens is 435 g/mol. The predicted octanol–water partition coefficient (Wildman–Crippen LogP) is 7.80. The van der Waals surface area contributed by atoms with E-state index in [2.05, 4.69) is 63.9 Å². The summed E-state index contributed by atoms with van der Waals surface area (Å²) in [5.74, 6) is 0.687. The smallest absolute Gasteiger partial charge is 0.362 e. The molecule has 0 amide bonds. The Hall–Kier alpha value is -0.550. The maximum atomic E-state index is 11.9. The van der Waals surface area contributed by atoms with Gasteiger partial charge in [0, 0.05) is 26.0 Å². The van der Waals surface area contributed by atoms with Gasteiger partial charge >= 0.3 is 7.82 Å². The Kier molecular flexibility index (Phi) is 20.4. The molecule has 1 rings (SSSR count). The first kappa shape index (κ1) is 32.5. The van der Waals surface area contributed by atoms with Gasteiger partial charge in [-0.25, -0.2) is 4.57 Å². The summed E-state index contributed by atoms with van der Waals surface area (Å²) in [6.07, 6.45) is 18.3. The lowest BCUT2D eigenvalue weighted by Gasteiger charge is -2.20. The van der Waals surface area contributed by atoms with Crippen LogP contribution in [-0.4, -0.2) is 48.2 Å². The summed E-state index contributed by atoms with van der Waals surface area (Å²) in [5.41, 5.74) is 0. The largest absolute Gasteiger partial charge is 0.472 e. The Morgan fingerprint density at radius 2 is 1.33 bits per heavy atom. The van der Waals surface area contributed by atoms with Crippen LogP contribution >= 0.6 is 7.82 Å². The number of unbranched alkanes of at least 4 members (excludes halogenated alkanes) is 5. The molecule has 0 aromatic heterocycles. The summed E-state index contributed by atoms with van der Waals surface area (Å²) in [6, 6.07) is 0. The quantitative estimate of drug-likeness (QED) is 0.147. The number of phosphoric acid groups is 1. The first-order valence-electron chi connectivity index (χ1n) is 13.6. The van der Waals surface area contributed by atoms with E-state index < -0.39 is 7.82 Å². The maximum Gasteiger partial charge on any atom is 0.472 e. The summed E-state index contributed by atoms with van der Waals surface area (Å²) < 4.78 is 22.2. The van der Waals surface area contributed by atoms with E-state index in [0.717, 1.165) is 58.0 Å². The molecule has 0 aromatic carbocycles. The van der Waals surface area contributed by atoms with Crippen LogP contribution in [0.3, 0.4) is 0 Å². The standard InChI is InChI=1S/C16H35O4P.C10H20N2/c1-5-9-11-15(7-3)13-19-21(17,18)20-14-16(8-4)12-10-6-2;1-3-4-5-6-7-12-9-8-11(2)10-12/h15-16H,5-14H2,1-4H3,(H,17,18);8-9H,3-7,10H2,1-2H3. The summed E-state index contributed by atoms with van der Waals surface area (Å²) >= 11 is 0. The Bertz CT molecular complexity index is 495. The molecule has 0 fully saturated rings. The van der Waals surface area contributed by atoms with Crippen molar-refractivity contribution in [3.8, 4) is 0 Å². The van der Waals surface area contributed by atoms with Crippen molar-refractivity contribution < 1.29 is 18.5 Å². The fourth-order valence-electron chi connectivity index (χ4n) is 3.71. The van der Waals surface area contributed by atoms with Crippen molar-refractivity contribution in [3.05, 3.63) is 12.4 Å². The van der Waals surface area contributed by atoms with Crippen LogP contribution in [0.25, 0.3) is 0 Å². The topological polar surface area (TPSA) is 62.2 Å². The lowest BCUT2D eigenvalue weighted by atomic mass is 10.0.